The van der Waals surface area contributed by atoms with Gasteiger partial charge in [0, 0.05) is 16.3 Å². The van der Waals surface area contributed by atoms with Gasteiger partial charge in [0.1, 0.15) is 12.1 Å². The first kappa shape index (κ1) is 16.0. The van der Waals surface area contributed by atoms with Crippen LogP contribution in [0.25, 0.3) is 21.8 Å². The molecule has 0 saturated carbocycles. The van der Waals surface area contributed by atoms with E-state index in [-0.39, 0.29) is 27.8 Å². The van der Waals surface area contributed by atoms with E-state index in [1.165, 1.54) is 7.11 Å². The molecule has 0 fully saturated rings. The van der Waals surface area contributed by atoms with E-state index in [0.717, 1.165) is 7.11 Å². The second kappa shape index (κ2) is 5.99. The Morgan fingerprint density at radius 1 is 0.960 bits per heavy atom. The van der Waals surface area contributed by atoms with E-state index in [0.29, 0.717) is 16.3 Å². The number of aromatic amines is 1. The molecule has 1 N–H and O–H groups in total. The minimum atomic E-state index is -0.894. The number of hydrogen-bond acceptors (Lipinski definition) is 6. The van der Waals surface area contributed by atoms with Crippen molar-refractivity contribution in [2.24, 2.45) is 0 Å². The third-order valence-electron chi connectivity index (χ3n) is 3.96. The van der Waals surface area contributed by atoms with Crippen LogP contribution < -0.4 is 0 Å². The average Bonchev–Trinajstić information content (AvgIpc) is 3.03. The number of aromatic nitrogens is 1. The first-order valence-corrected chi connectivity index (χ1v) is 7.16. The van der Waals surface area contributed by atoms with Gasteiger partial charge in [0.15, 0.2) is 0 Å². The Hall–Kier alpha value is -3.84. The number of fused-ring (bicyclic) bond motifs is 3. The zero-order valence-electron chi connectivity index (χ0n) is 13.3. The number of nitrogens with one attached hydrogen (secondary N) is 1. The second-order valence-corrected chi connectivity index (χ2v) is 5.13. The van der Waals surface area contributed by atoms with Crippen LogP contribution in [0, 0.1) is 22.7 Å². The van der Waals surface area contributed by atoms with E-state index in [4.69, 9.17) is 9.47 Å². The fourth-order valence-corrected chi connectivity index (χ4v) is 2.93. The van der Waals surface area contributed by atoms with Gasteiger partial charge >= 0.3 is 11.9 Å². The maximum atomic E-state index is 12.4. The Morgan fingerprint density at radius 2 is 1.56 bits per heavy atom. The molecule has 1 heterocycles. The number of carbonyl (C=O) groups excluding carboxylic acids is 2. The van der Waals surface area contributed by atoms with Crippen molar-refractivity contribution < 1.29 is 19.1 Å². The highest BCUT2D eigenvalue weighted by molar-refractivity contribution is 6.21. The first-order chi connectivity index (χ1) is 12.1. The van der Waals surface area contributed by atoms with E-state index in [9.17, 15) is 20.1 Å². The Balaban J connectivity index is 2.69. The zero-order chi connectivity index (χ0) is 18.1. The SMILES string of the molecule is COC(=O)c1c(C#N)c(C#N)c2c([nH]c3ccccc32)c1C(=O)OC. The lowest BCUT2D eigenvalue weighted by molar-refractivity contribution is 0.0556. The molecule has 0 aliphatic carbocycles. The van der Waals surface area contributed by atoms with Gasteiger partial charge in [-0.15, -0.1) is 0 Å². The van der Waals surface area contributed by atoms with Crippen molar-refractivity contribution >= 4 is 33.7 Å². The third kappa shape index (κ3) is 2.19. The third-order valence-corrected chi connectivity index (χ3v) is 3.96. The van der Waals surface area contributed by atoms with Gasteiger partial charge in [0.2, 0.25) is 0 Å². The number of hydrogen-bond donors (Lipinski definition) is 1. The average molecular weight is 333 g/mol. The van der Waals surface area contributed by atoms with Crippen molar-refractivity contribution in [3.05, 3.63) is 46.5 Å². The number of carbonyl (C=O) groups is 2. The summed E-state index contributed by atoms with van der Waals surface area (Å²) in [7, 11) is 2.30. The van der Waals surface area contributed by atoms with Crippen LogP contribution in [0.4, 0.5) is 0 Å². The number of rotatable bonds is 2. The maximum Gasteiger partial charge on any atom is 0.340 e. The second-order valence-electron chi connectivity index (χ2n) is 5.13. The maximum absolute atomic E-state index is 12.4. The number of para-hydroxylation sites is 1. The van der Waals surface area contributed by atoms with Crippen LogP contribution in [-0.4, -0.2) is 31.1 Å². The highest BCUT2D eigenvalue weighted by Crippen LogP contribution is 2.36. The van der Waals surface area contributed by atoms with Crippen LogP contribution in [-0.2, 0) is 9.47 Å². The predicted octanol–water partition coefficient (Wildman–Crippen LogP) is 2.64. The summed E-state index contributed by atoms with van der Waals surface area (Å²) < 4.78 is 9.51. The molecule has 7 nitrogen and oxygen atoms in total. The number of benzene rings is 2. The molecular formula is C18H11N3O4. The highest BCUT2D eigenvalue weighted by Gasteiger charge is 2.31. The van der Waals surface area contributed by atoms with Crippen molar-refractivity contribution in [3.63, 3.8) is 0 Å². The van der Waals surface area contributed by atoms with Crippen LogP contribution in [0.2, 0.25) is 0 Å². The summed E-state index contributed by atoms with van der Waals surface area (Å²) in [5.74, 6) is -1.70. The number of nitriles is 2. The van der Waals surface area contributed by atoms with Crippen LogP contribution in [0.15, 0.2) is 24.3 Å². The molecule has 0 saturated heterocycles. The summed E-state index contributed by atoms with van der Waals surface area (Å²) in [6.45, 7) is 0. The lowest BCUT2D eigenvalue weighted by Gasteiger charge is -2.11. The molecule has 0 amide bonds. The van der Waals surface area contributed by atoms with Crippen molar-refractivity contribution in [1.29, 1.82) is 10.5 Å². The quantitative estimate of drug-likeness (QED) is 0.721. The summed E-state index contributed by atoms with van der Waals surface area (Å²) in [4.78, 5) is 27.7. The van der Waals surface area contributed by atoms with E-state index >= 15 is 0 Å². The molecule has 2 aromatic carbocycles. The Bertz CT molecular complexity index is 1130. The normalized spacial score (nSPS) is 10.2. The fraction of sp³-hybridized carbons (Fsp3) is 0.111. The van der Waals surface area contributed by atoms with E-state index < -0.39 is 11.9 Å². The summed E-state index contributed by atoms with van der Waals surface area (Å²) >= 11 is 0. The lowest BCUT2D eigenvalue weighted by atomic mass is 9.92. The predicted molar refractivity (Wildman–Crippen MR) is 87.9 cm³/mol. The Morgan fingerprint density at radius 3 is 2.16 bits per heavy atom. The molecule has 0 aliphatic rings. The molecule has 0 atom stereocenters. The zero-order valence-corrected chi connectivity index (χ0v) is 13.3. The molecule has 25 heavy (non-hydrogen) atoms. The van der Waals surface area contributed by atoms with E-state index in [2.05, 4.69) is 4.98 Å². The summed E-state index contributed by atoms with van der Waals surface area (Å²) in [5.41, 5.74) is 0.285. The van der Waals surface area contributed by atoms with Crippen LogP contribution in [0.5, 0.6) is 0 Å². The van der Waals surface area contributed by atoms with Crippen LogP contribution >= 0.6 is 0 Å². The van der Waals surface area contributed by atoms with Gasteiger partial charge < -0.3 is 14.5 Å². The molecule has 0 unspecified atom stereocenters. The molecule has 3 rings (SSSR count). The minimum absolute atomic E-state index is 0.00278. The first-order valence-electron chi connectivity index (χ1n) is 7.16. The summed E-state index contributed by atoms with van der Waals surface area (Å²) in [6.07, 6.45) is 0. The van der Waals surface area contributed by atoms with E-state index in [1.54, 1.807) is 24.3 Å². The van der Waals surface area contributed by atoms with Crippen molar-refractivity contribution in [3.8, 4) is 12.1 Å². The van der Waals surface area contributed by atoms with Gasteiger partial charge in [-0.3, -0.25) is 0 Å². The van der Waals surface area contributed by atoms with Crippen molar-refractivity contribution in [2.45, 2.75) is 0 Å². The van der Waals surface area contributed by atoms with Crippen LogP contribution in [0.1, 0.15) is 31.8 Å². The molecule has 0 radical (unpaired) electrons. The van der Waals surface area contributed by atoms with E-state index in [1.807, 2.05) is 12.1 Å². The standard InChI is InChI=1S/C18H11N3O4/c1-24-17(22)14-11(8-20)10(7-19)13-9-5-3-4-6-12(9)21-16(13)15(14)18(23)25-2/h3-6,21H,1-2H3. The smallest absolute Gasteiger partial charge is 0.340 e. The number of methoxy groups -OCH3 is 2. The number of nitrogens with zero attached hydrogens (tertiary/aromatic N) is 2. The number of H-pyrrole nitrogens is 1. The molecule has 3 aromatic rings. The van der Waals surface area contributed by atoms with Gasteiger partial charge in [-0.1, -0.05) is 18.2 Å². The molecule has 0 aliphatic heterocycles. The van der Waals surface area contributed by atoms with Crippen molar-refractivity contribution in [1.82, 2.24) is 4.98 Å². The number of esters is 2. The minimum Gasteiger partial charge on any atom is -0.465 e. The topological polar surface area (TPSA) is 116 Å². The molecule has 0 bridgehead atoms. The monoisotopic (exact) mass is 333 g/mol. The van der Waals surface area contributed by atoms with Gasteiger partial charge in [-0.05, 0) is 6.07 Å². The molecule has 0 spiro atoms. The fourth-order valence-electron chi connectivity index (χ4n) is 2.93. The van der Waals surface area contributed by atoms with Gasteiger partial charge in [-0.2, -0.15) is 10.5 Å². The summed E-state index contributed by atoms with van der Waals surface area (Å²) in [6, 6.07) is 10.9. The Kier molecular flexibility index (Phi) is 3.84. The van der Waals surface area contributed by atoms with Gasteiger partial charge in [0.05, 0.1) is 42.0 Å². The van der Waals surface area contributed by atoms with Crippen LogP contribution in [0.3, 0.4) is 0 Å². The van der Waals surface area contributed by atoms with Crippen molar-refractivity contribution in [2.75, 3.05) is 14.2 Å². The largest absolute Gasteiger partial charge is 0.465 e. The summed E-state index contributed by atoms with van der Waals surface area (Å²) in [5, 5.41) is 20.2. The lowest BCUT2D eigenvalue weighted by Crippen LogP contribution is -2.16. The molecule has 122 valence electrons. The Labute approximate surface area is 142 Å². The molecule has 7 heteroatoms. The highest BCUT2D eigenvalue weighted by atomic mass is 16.5. The molecule has 1 aromatic heterocycles. The van der Waals surface area contributed by atoms with Gasteiger partial charge in [0.25, 0.3) is 0 Å². The molecular weight excluding hydrogens is 322 g/mol. The number of ether oxygens (including phenoxy) is 2. The van der Waals surface area contributed by atoms with Gasteiger partial charge in [-0.25, -0.2) is 9.59 Å².